The Morgan fingerprint density at radius 1 is 0.311 bits per heavy atom. The molecule has 0 aliphatic carbocycles. The van der Waals surface area contributed by atoms with E-state index in [2.05, 4.69) is 182 Å². The molecule has 0 fully saturated rings. The second-order valence-corrected chi connectivity index (χ2v) is 17.2. The molecule has 6 aromatic rings. The first-order chi connectivity index (χ1) is 22.2. The van der Waals surface area contributed by atoms with Crippen LogP contribution in [0.4, 0.5) is 0 Å². The Labute approximate surface area is 288 Å². The maximum Gasteiger partial charge on any atom is -0.00298 e. The van der Waals surface area contributed by atoms with Crippen LogP contribution in [-0.2, 0) is 40.6 Å². The Morgan fingerprint density at radius 2 is 0.489 bits per heavy atom. The molecule has 6 rings (SSSR count). The van der Waals surface area contributed by atoms with Gasteiger partial charge >= 0.3 is 35.0 Å². The molecule has 0 saturated heterocycles. The van der Waals surface area contributed by atoms with Crippen molar-refractivity contribution in [2.75, 3.05) is 0 Å². The molecule has 6 aromatic carbocycles. The van der Waals surface area contributed by atoms with Crippen molar-refractivity contribution in [3.63, 3.8) is 0 Å². The van der Waals surface area contributed by atoms with Crippen LogP contribution in [0, 0.1) is 0 Å². The Balaban J connectivity index is 0.000000189. The Morgan fingerprint density at radius 3 is 0.689 bits per heavy atom. The molecule has 0 aliphatic heterocycles. The summed E-state index contributed by atoms with van der Waals surface area (Å²) >= 11 is -0.106. The molecular weight excluding hydrogens is 720 g/mol. The molecule has 0 radical (unpaired) electrons. The molecule has 0 heterocycles. The van der Waals surface area contributed by atoms with Crippen LogP contribution in [0.25, 0.3) is 0 Å². The summed E-state index contributed by atoms with van der Waals surface area (Å²) in [4.78, 5) is 0. The van der Waals surface area contributed by atoms with E-state index in [1.807, 2.05) is 0 Å². The summed E-state index contributed by atoms with van der Waals surface area (Å²) in [5, 5.41) is 2.97. The fraction of sp³-hybridized carbons (Fsp3) is 0.100. The van der Waals surface area contributed by atoms with Crippen LogP contribution >= 0.6 is 34.9 Å². The van der Waals surface area contributed by atoms with Gasteiger partial charge in [-0.2, -0.15) is 0 Å². The van der Waals surface area contributed by atoms with E-state index in [-0.39, 0.29) is 31.8 Å². The molecule has 0 atom stereocenters. The molecule has 0 aliphatic rings. The molecular formula is C40H38Cl2P2Pd. The first kappa shape index (κ1) is 35.3. The molecule has 0 N–H and O–H groups in total. The van der Waals surface area contributed by atoms with Crippen LogP contribution < -0.4 is 10.6 Å². The third-order valence-corrected chi connectivity index (χ3v) is 12.2. The molecule has 0 unspecified atom stereocenters. The van der Waals surface area contributed by atoms with Crippen molar-refractivity contribution in [2.24, 2.45) is 0 Å². The van der Waals surface area contributed by atoms with Crippen molar-refractivity contribution in [3.05, 3.63) is 204 Å². The number of halogens is 2. The van der Waals surface area contributed by atoms with E-state index < -0.39 is 0 Å². The summed E-state index contributed by atoms with van der Waals surface area (Å²) in [5.41, 5.74) is 5.73. The number of hydrogen-bond acceptors (Lipinski definition) is 0. The molecule has 0 amide bonds. The summed E-state index contributed by atoms with van der Waals surface area (Å²) in [5.74, 6) is 0. The van der Waals surface area contributed by atoms with E-state index in [9.17, 15) is 0 Å². The van der Waals surface area contributed by atoms with Gasteiger partial charge in [-0.1, -0.05) is 198 Å². The number of rotatable bonds is 10. The minimum Gasteiger partial charge on any atom is -0.0664 e. The Kier molecular flexibility index (Phi) is 16.7. The second-order valence-electron chi connectivity index (χ2n) is 10.4. The number of hydrogen-bond donors (Lipinski definition) is 0. The SMILES string of the molecule is [Cl][Pd][Cl].c1ccc(CP(Cc2ccccc2)c2ccccc2)cc1.c1ccc(CP(Cc2ccccc2)c2ccccc2)cc1. The largest absolute Gasteiger partial charge is 0.0664 e. The van der Waals surface area contributed by atoms with Gasteiger partial charge in [-0.25, -0.2) is 0 Å². The third kappa shape index (κ3) is 13.4. The van der Waals surface area contributed by atoms with Gasteiger partial charge in [-0.05, 0) is 57.5 Å². The van der Waals surface area contributed by atoms with E-state index in [1.165, 1.54) is 32.9 Å². The zero-order chi connectivity index (χ0) is 31.4. The van der Waals surface area contributed by atoms with E-state index in [0.717, 1.165) is 24.6 Å². The van der Waals surface area contributed by atoms with Gasteiger partial charge in [-0.3, -0.25) is 0 Å². The van der Waals surface area contributed by atoms with Crippen LogP contribution in [0.1, 0.15) is 22.3 Å². The van der Waals surface area contributed by atoms with Crippen molar-refractivity contribution < 1.29 is 15.9 Å². The van der Waals surface area contributed by atoms with Crippen LogP contribution in [0.15, 0.2) is 182 Å². The Hall–Kier alpha value is -2.58. The molecule has 0 nitrogen and oxygen atoms in total. The predicted octanol–water partition coefficient (Wildman–Crippen LogP) is 11.8. The summed E-state index contributed by atoms with van der Waals surface area (Å²) in [6.45, 7) is 0. The van der Waals surface area contributed by atoms with E-state index in [1.54, 1.807) is 0 Å². The summed E-state index contributed by atoms with van der Waals surface area (Å²) < 4.78 is 0. The first-order valence-electron chi connectivity index (χ1n) is 14.8. The quantitative estimate of drug-likeness (QED) is 0.0964. The maximum atomic E-state index is 4.81. The van der Waals surface area contributed by atoms with Crippen LogP contribution in [0.3, 0.4) is 0 Å². The first-order valence-corrected chi connectivity index (χ1v) is 22.3. The van der Waals surface area contributed by atoms with Crippen molar-refractivity contribution in [3.8, 4) is 0 Å². The van der Waals surface area contributed by atoms with E-state index in [0.29, 0.717) is 0 Å². The fourth-order valence-electron chi connectivity index (χ4n) is 4.97. The topological polar surface area (TPSA) is 0 Å². The predicted molar refractivity (Wildman–Crippen MR) is 198 cm³/mol. The van der Waals surface area contributed by atoms with Gasteiger partial charge in [0, 0.05) is 0 Å². The van der Waals surface area contributed by atoms with Crippen molar-refractivity contribution in [1.82, 2.24) is 0 Å². The van der Waals surface area contributed by atoms with E-state index >= 15 is 0 Å². The molecule has 232 valence electrons. The van der Waals surface area contributed by atoms with Gasteiger partial charge < -0.3 is 0 Å². The van der Waals surface area contributed by atoms with Gasteiger partial charge in [0.15, 0.2) is 0 Å². The zero-order valence-corrected chi connectivity index (χ0v) is 30.0. The monoisotopic (exact) mass is 756 g/mol. The summed E-state index contributed by atoms with van der Waals surface area (Å²) in [7, 11) is 9.21. The second kappa shape index (κ2) is 21.3. The normalized spacial score (nSPS) is 10.5. The summed E-state index contributed by atoms with van der Waals surface area (Å²) in [6.07, 6.45) is 4.59. The van der Waals surface area contributed by atoms with Gasteiger partial charge in [0.2, 0.25) is 0 Å². The van der Waals surface area contributed by atoms with Gasteiger partial charge in [0.25, 0.3) is 0 Å². The third-order valence-electron chi connectivity index (χ3n) is 7.11. The van der Waals surface area contributed by atoms with Gasteiger partial charge in [0.1, 0.15) is 0 Å². The van der Waals surface area contributed by atoms with Gasteiger partial charge in [-0.15, -0.1) is 0 Å². The molecule has 0 saturated carbocycles. The minimum atomic E-state index is -0.208. The summed E-state index contributed by atoms with van der Waals surface area (Å²) in [6, 6.07) is 65.3. The minimum absolute atomic E-state index is 0.106. The molecule has 45 heavy (non-hydrogen) atoms. The van der Waals surface area contributed by atoms with Crippen LogP contribution in [0.5, 0.6) is 0 Å². The average molecular weight is 758 g/mol. The van der Waals surface area contributed by atoms with Crippen LogP contribution in [-0.4, -0.2) is 0 Å². The van der Waals surface area contributed by atoms with Crippen molar-refractivity contribution in [2.45, 2.75) is 24.6 Å². The van der Waals surface area contributed by atoms with E-state index in [4.69, 9.17) is 19.1 Å². The maximum absolute atomic E-state index is 4.81. The molecule has 0 bridgehead atoms. The number of benzene rings is 6. The molecule has 5 heteroatoms. The zero-order valence-electron chi connectivity index (χ0n) is 25.1. The smallest absolute Gasteiger partial charge is 0.00298 e. The van der Waals surface area contributed by atoms with Crippen molar-refractivity contribution in [1.29, 1.82) is 0 Å². The fourth-order valence-corrected chi connectivity index (χ4v) is 9.72. The van der Waals surface area contributed by atoms with Crippen molar-refractivity contribution >= 4 is 45.5 Å². The standard InChI is InChI=1S/2C20H19P.2ClH.Pd/c2*1-4-10-18(11-5-1)16-21(20-14-8-3-9-15-20)17-19-12-6-2-7-13-19;;;/h2*1-15H,16-17H2;2*1H;/q;;;;+2/p-2. The van der Waals surface area contributed by atoms with Gasteiger partial charge in [0.05, 0.1) is 0 Å². The average Bonchev–Trinajstić information content (AvgIpc) is 3.11. The molecule has 0 spiro atoms. The molecule has 0 aromatic heterocycles. The Bertz CT molecular complexity index is 1370. The van der Waals surface area contributed by atoms with Crippen LogP contribution in [0.2, 0.25) is 0 Å².